The van der Waals surface area contributed by atoms with Crippen molar-refractivity contribution in [3.05, 3.63) is 94.7 Å². The fourth-order valence-electron chi connectivity index (χ4n) is 2.88. The second-order valence-corrected chi connectivity index (χ2v) is 7.46. The van der Waals surface area contributed by atoms with Gasteiger partial charge in [0.2, 0.25) is 11.7 Å². The van der Waals surface area contributed by atoms with Gasteiger partial charge in [-0.05, 0) is 36.1 Å². The summed E-state index contributed by atoms with van der Waals surface area (Å²) in [6.45, 7) is 1.99. The fourth-order valence-corrected chi connectivity index (χ4v) is 3.53. The quantitative estimate of drug-likeness (QED) is 0.513. The molecule has 0 bridgehead atoms. The standard InChI is InChI=1S/C22H19N3O2S/c1-15-9-11-17(12-10-15)21(26)23-18(14-16-6-3-2-4-7-16)22-24-20(25-27-22)19-8-5-13-28-19/h2-13,18H,14H2,1H3,(H,23,26)/t18-/m1/s1. The van der Waals surface area contributed by atoms with E-state index in [2.05, 4.69) is 15.5 Å². The van der Waals surface area contributed by atoms with Gasteiger partial charge in [0.1, 0.15) is 6.04 Å². The Labute approximate surface area is 167 Å². The molecule has 0 saturated carbocycles. The third-order valence-corrected chi connectivity index (χ3v) is 5.25. The molecule has 0 fully saturated rings. The van der Waals surface area contributed by atoms with E-state index in [9.17, 15) is 4.79 Å². The normalized spacial score (nSPS) is 11.9. The van der Waals surface area contributed by atoms with Crippen LogP contribution in [0.4, 0.5) is 0 Å². The molecule has 0 aliphatic heterocycles. The van der Waals surface area contributed by atoms with Crippen molar-refractivity contribution in [1.29, 1.82) is 0 Å². The molecule has 2 aromatic carbocycles. The van der Waals surface area contributed by atoms with E-state index in [4.69, 9.17) is 4.52 Å². The molecule has 4 rings (SSSR count). The van der Waals surface area contributed by atoms with Crippen LogP contribution in [0.15, 0.2) is 76.6 Å². The average Bonchev–Trinajstić information content (AvgIpc) is 3.40. The van der Waals surface area contributed by atoms with E-state index >= 15 is 0 Å². The molecule has 2 aromatic heterocycles. The molecule has 1 N–H and O–H groups in total. The number of nitrogens with zero attached hydrogens (tertiary/aromatic N) is 2. The molecule has 0 unspecified atom stereocenters. The first-order valence-electron chi connectivity index (χ1n) is 8.98. The first-order valence-corrected chi connectivity index (χ1v) is 9.86. The minimum absolute atomic E-state index is 0.170. The Hall–Kier alpha value is -3.25. The molecule has 140 valence electrons. The number of aryl methyl sites for hydroxylation is 1. The summed E-state index contributed by atoms with van der Waals surface area (Å²) in [6, 6.07) is 20.9. The van der Waals surface area contributed by atoms with E-state index < -0.39 is 6.04 Å². The average molecular weight is 389 g/mol. The number of thiophene rings is 1. The zero-order chi connectivity index (χ0) is 19.3. The van der Waals surface area contributed by atoms with Crippen LogP contribution >= 0.6 is 11.3 Å². The molecule has 0 spiro atoms. The Kier molecular flexibility index (Phi) is 5.30. The number of benzene rings is 2. The van der Waals surface area contributed by atoms with Crippen molar-refractivity contribution in [2.24, 2.45) is 0 Å². The lowest BCUT2D eigenvalue weighted by Gasteiger charge is -2.15. The Bertz CT molecular complexity index is 1040. The van der Waals surface area contributed by atoms with Gasteiger partial charge in [0.15, 0.2) is 0 Å². The molecule has 0 aliphatic carbocycles. The molecule has 1 amide bonds. The zero-order valence-electron chi connectivity index (χ0n) is 15.3. The molecule has 4 aromatic rings. The number of hydrogen-bond donors (Lipinski definition) is 1. The number of carbonyl (C=O) groups is 1. The molecular weight excluding hydrogens is 370 g/mol. The molecule has 2 heterocycles. The maximum Gasteiger partial charge on any atom is 0.251 e. The lowest BCUT2D eigenvalue weighted by Crippen LogP contribution is -2.30. The van der Waals surface area contributed by atoms with E-state index in [0.717, 1.165) is 16.0 Å². The predicted octanol–water partition coefficient (Wildman–Crippen LogP) is 4.82. The van der Waals surface area contributed by atoms with E-state index in [0.29, 0.717) is 23.7 Å². The van der Waals surface area contributed by atoms with Gasteiger partial charge in [-0.1, -0.05) is 59.3 Å². The highest BCUT2D eigenvalue weighted by Crippen LogP contribution is 2.25. The van der Waals surface area contributed by atoms with Crippen LogP contribution in [0.5, 0.6) is 0 Å². The molecule has 1 atom stereocenters. The molecule has 0 aliphatic rings. The second-order valence-electron chi connectivity index (χ2n) is 6.52. The number of rotatable bonds is 6. The summed E-state index contributed by atoms with van der Waals surface area (Å²) < 4.78 is 5.51. The maximum atomic E-state index is 12.8. The number of amides is 1. The van der Waals surface area contributed by atoms with Crippen molar-refractivity contribution in [3.63, 3.8) is 0 Å². The highest BCUT2D eigenvalue weighted by Gasteiger charge is 2.23. The van der Waals surface area contributed by atoms with Crippen LogP contribution in [0.3, 0.4) is 0 Å². The van der Waals surface area contributed by atoms with Crippen molar-refractivity contribution in [1.82, 2.24) is 15.5 Å². The third kappa shape index (κ3) is 4.18. The van der Waals surface area contributed by atoms with Crippen molar-refractivity contribution in [3.8, 4) is 10.7 Å². The van der Waals surface area contributed by atoms with Gasteiger partial charge >= 0.3 is 0 Å². The summed E-state index contributed by atoms with van der Waals surface area (Å²) in [7, 11) is 0. The smallest absolute Gasteiger partial charge is 0.251 e. The number of carbonyl (C=O) groups excluding carboxylic acids is 1. The summed E-state index contributed by atoms with van der Waals surface area (Å²) in [5, 5.41) is 9.09. The topological polar surface area (TPSA) is 68.0 Å². The van der Waals surface area contributed by atoms with Gasteiger partial charge in [-0.15, -0.1) is 11.3 Å². The van der Waals surface area contributed by atoms with E-state index in [-0.39, 0.29) is 5.91 Å². The summed E-state index contributed by atoms with van der Waals surface area (Å²) >= 11 is 1.54. The summed E-state index contributed by atoms with van der Waals surface area (Å²) in [5.41, 5.74) is 2.78. The highest BCUT2D eigenvalue weighted by atomic mass is 32.1. The van der Waals surface area contributed by atoms with Gasteiger partial charge in [-0.2, -0.15) is 4.98 Å². The molecular formula is C22H19N3O2S. The van der Waals surface area contributed by atoms with Crippen molar-refractivity contribution >= 4 is 17.2 Å². The first kappa shape index (κ1) is 18.1. The molecule has 28 heavy (non-hydrogen) atoms. The van der Waals surface area contributed by atoms with Crippen LogP contribution in [0.25, 0.3) is 10.7 Å². The lowest BCUT2D eigenvalue weighted by atomic mass is 10.0. The largest absolute Gasteiger partial charge is 0.340 e. The monoisotopic (exact) mass is 389 g/mol. The molecule has 6 heteroatoms. The van der Waals surface area contributed by atoms with Crippen molar-refractivity contribution in [2.75, 3.05) is 0 Å². The van der Waals surface area contributed by atoms with Crippen molar-refractivity contribution < 1.29 is 9.32 Å². The number of aromatic nitrogens is 2. The second kappa shape index (κ2) is 8.19. The maximum absolute atomic E-state index is 12.8. The third-order valence-electron chi connectivity index (χ3n) is 4.38. The first-order chi connectivity index (χ1) is 13.7. The summed E-state index contributed by atoms with van der Waals surface area (Å²) in [5.74, 6) is 0.761. The van der Waals surface area contributed by atoms with Crippen LogP contribution in [-0.4, -0.2) is 16.0 Å². The molecule has 0 radical (unpaired) electrons. The SMILES string of the molecule is Cc1ccc(C(=O)N[C@H](Cc2ccccc2)c2nc(-c3cccs3)no2)cc1. The van der Waals surface area contributed by atoms with E-state index in [1.54, 1.807) is 11.3 Å². The Balaban J connectivity index is 1.60. The minimum Gasteiger partial charge on any atom is -0.340 e. The van der Waals surface area contributed by atoms with Gasteiger partial charge in [0.25, 0.3) is 5.91 Å². The van der Waals surface area contributed by atoms with Gasteiger partial charge in [0.05, 0.1) is 4.88 Å². The number of hydrogen-bond acceptors (Lipinski definition) is 5. The molecule has 5 nitrogen and oxygen atoms in total. The fraction of sp³-hybridized carbons (Fsp3) is 0.136. The lowest BCUT2D eigenvalue weighted by molar-refractivity contribution is 0.0928. The highest BCUT2D eigenvalue weighted by molar-refractivity contribution is 7.13. The number of nitrogens with one attached hydrogen (secondary N) is 1. The van der Waals surface area contributed by atoms with Crippen LogP contribution in [0, 0.1) is 6.92 Å². The summed E-state index contributed by atoms with van der Waals surface area (Å²) in [4.78, 5) is 18.2. The van der Waals surface area contributed by atoms with Crippen LogP contribution in [-0.2, 0) is 6.42 Å². The van der Waals surface area contributed by atoms with Gasteiger partial charge < -0.3 is 9.84 Å². The Morgan fingerprint density at radius 1 is 1.07 bits per heavy atom. The Morgan fingerprint density at radius 3 is 2.57 bits per heavy atom. The zero-order valence-corrected chi connectivity index (χ0v) is 16.1. The van der Waals surface area contributed by atoms with E-state index in [1.165, 1.54) is 0 Å². The van der Waals surface area contributed by atoms with Gasteiger partial charge in [-0.3, -0.25) is 4.79 Å². The van der Waals surface area contributed by atoms with Crippen LogP contribution in [0.2, 0.25) is 0 Å². The van der Waals surface area contributed by atoms with Gasteiger partial charge in [0, 0.05) is 12.0 Å². The predicted molar refractivity (Wildman–Crippen MR) is 109 cm³/mol. The van der Waals surface area contributed by atoms with Crippen LogP contribution < -0.4 is 5.32 Å². The van der Waals surface area contributed by atoms with Gasteiger partial charge in [-0.25, -0.2) is 0 Å². The van der Waals surface area contributed by atoms with Crippen molar-refractivity contribution in [2.45, 2.75) is 19.4 Å². The Morgan fingerprint density at radius 2 is 1.86 bits per heavy atom. The molecule has 0 saturated heterocycles. The van der Waals surface area contributed by atoms with E-state index in [1.807, 2.05) is 79.0 Å². The summed E-state index contributed by atoms with van der Waals surface area (Å²) in [6.07, 6.45) is 0.560. The minimum atomic E-state index is -0.419. The van der Waals surface area contributed by atoms with Crippen LogP contribution in [0.1, 0.15) is 33.4 Å².